The minimum absolute atomic E-state index is 0.0471. The second-order valence-electron chi connectivity index (χ2n) is 2.80. The minimum Gasteiger partial charge on any atom is -0.341 e. The van der Waals surface area contributed by atoms with Crippen LogP contribution in [0.4, 0.5) is 0 Å². The average Bonchev–Trinajstić information content (AvgIpc) is 2.53. The third-order valence-electron chi connectivity index (χ3n) is 2.07. The van der Waals surface area contributed by atoms with E-state index in [1.807, 2.05) is 13.8 Å². The first-order chi connectivity index (χ1) is 6.20. The van der Waals surface area contributed by atoms with Gasteiger partial charge in [-0.25, -0.2) is 0 Å². The van der Waals surface area contributed by atoms with Gasteiger partial charge in [-0.1, -0.05) is 0 Å². The summed E-state index contributed by atoms with van der Waals surface area (Å²) in [5, 5.41) is 0. The summed E-state index contributed by atoms with van der Waals surface area (Å²) in [7, 11) is -0.943. The van der Waals surface area contributed by atoms with E-state index in [0.29, 0.717) is 18.8 Å². The standard InChI is InChI=1S/C8H15NO2S2/c1-3-9(4-2)7(10)8-12-5-6-13(8)11/h8H,3-6H2,1-2H3/t8-,13+/m0/s1. The molecule has 3 nitrogen and oxygen atoms in total. The lowest BCUT2D eigenvalue weighted by atomic mass is 10.5. The van der Waals surface area contributed by atoms with Crippen LogP contribution in [0.2, 0.25) is 0 Å². The van der Waals surface area contributed by atoms with Gasteiger partial charge in [0.1, 0.15) is 0 Å². The lowest BCUT2D eigenvalue weighted by Crippen LogP contribution is -2.38. The van der Waals surface area contributed by atoms with Crippen LogP contribution in [0.5, 0.6) is 0 Å². The molecule has 1 rings (SSSR count). The van der Waals surface area contributed by atoms with E-state index in [9.17, 15) is 9.00 Å². The molecule has 0 aromatic rings. The zero-order valence-corrected chi connectivity index (χ0v) is 9.62. The number of thioether (sulfide) groups is 1. The summed E-state index contributed by atoms with van der Waals surface area (Å²) in [5.41, 5.74) is 0. The number of carbonyl (C=O) groups is 1. The molecule has 0 N–H and O–H groups in total. The smallest absolute Gasteiger partial charge is 0.248 e. The van der Waals surface area contributed by atoms with E-state index in [1.54, 1.807) is 4.90 Å². The van der Waals surface area contributed by atoms with E-state index in [4.69, 9.17) is 0 Å². The number of amides is 1. The molecule has 1 saturated heterocycles. The highest BCUT2D eigenvalue weighted by atomic mass is 32.2. The molecule has 0 radical (unpaired) electrons. The Morgan fingerprint density at radius 3 is 2.54 bits per heavy atom. The Morgan fingerprint density at radius 1 is 1.54 bits per heavy atom. The van der Waals surface area contributed by atoms with Gasteiger partial charge in [0, 0.05) is 35.4 Å². The summed E-state index contributed by atoms with van der Waals surface area (Å²) < 4.78 is 11.1. The Bertz CT molecular complexity index is 216. The quantitative estimate of drug-likeness (QED) is 0.703. The van der Waals surface area contributed by atoms with Crippen LogP contribution in [0, 0.1) is 0 Å². The zero-order valence-electron chi connectivity index (χ0n) is 7.99. The zero-order chi connectivity index (χ0) is 9.84. The Kier molecular flexibility index (Phi) is 4.25. The lowest BCUT2D eigenvalue weighted by Gasteiger charge is -2.21. The summed E-state index contributed by atoms with van der Waals surface area (Å²) >= 11 is 1.53. The normalized spacial score (nSPS) is 27.5. The third-order valence-corrected chi connectivity index (χ3v) is 5.61. The second-order valence-corrected chi connectivity index (χ2v) is 5.95. The van der Waals surface area contributed by atoms with Crippen molar-refractivity contribution in [3.8, 4) is 0 Å². The summed E-state index contributed by atoms with van der Waals surface area (Å²) in [5.74, 6) is 1.57. The molecule has 2 atom stereocenters. The molecule has 0 aromatic heterocycles. The highest BCUT2D eigenvalue weighted by Crippen LogP contribution is 2.24. The van der Waals surface area contributed by atoms with Crippen molar-refractivity contribution in [2.24, 2.45) is 0 Å². The molecule has 5 heteroatoms. The van der Waals surface area contributed by atoms with Crippen molar-refractivity contribution in [2.45, 2.75) is 18.4 Å². The predicted molar refractivity (Wildman–Crippen MR) is 57.2 cm³/mol. The molecule has 0 aliphatic carbocycles. The van der Waals surface area contributed by atoms with Crippen LogP contribution >= 0.6 is 11.8 Å². The second kappa shape index (κ2) is 5.00. The molecule has 0 spiro atoms. The molecule has 0 aromatic carbocycles. The van der Waals surface area contributed by atoms with E-state index >= 15 is 0 Å². The molecule has 13 heavy (non-hydrogen) atoms. The van der Waals surface area contributed by atoms with E-state index in [1.165, 1.54) is 11.8 Å². The molecule has 0 saturated carbocycles. The summed E-state index contributed by atoms with van der Waals surface area (Å²) in [4.78, 5) is 13.5. The number of rotatable bonds is 3. The molecule has 1 aliphatic heterocycles. The molecular weight excluding hydrogens is 206 g/mol. The van der Waals surface area contributed by atoms with Crippen LogP contribution < -0.4 is 0 Å². The molecule has 1 amide bonds. The van der Waals surface area contributed by atoms with Crippen LogP contribution in [-0.2, 0) is 15.6 Å². The SMILES string of the molecule is CCN(CC)C(=O)[C@H]1SCC[S@]1=O. The maximum absolute atomic E-state index is 11.7. The van der Waals surface area contributed by atoms with Gasteiger partial charge < -0.3 is 4.90 Å². The molecule has 1 fully saturated rings. The fourth-order valence-corrected chi connectivity index (χ4v) is 4.61. The monoisotopic (exact) mass is 221 g/mol. The highest BCUT2D eigenvalue weighted by Gasteiger charge is 2.32. The van der Waals surface area contributed by atoms with Gasteiger partial charge in [0.15, 0.2) is 4.58 Å². The fraction of sp³-hybridized carbons (Fsp3) is 0.875. The van der Waals surface area contributed by atoms with Gasteiger partial charge in [0.2, 0.25) is 5.91 Å². The molecule has 1 aliphatic rings. The van der Waals surface area contributed by atoms with E-state index in [2.05, 4.69) is 0 Å². The van der Waals surface area contributed by atoms with Crippen LogP contribution in [-0.4, -0.2) is 44.2 Å². The van der Waals surface area contributed by atoms with Gasteiger partial charge >= 0.3 is 0 Å². The van der Waals surface area contributed by atoms with Crippen LogP contribution in [0.15, 0.2) is 0 Å². The van der Waals surface area contributed by atoms with Crippen molar-refractivity contribution in [2.75, 3.05) is 24.6 Å². The maximum Gasteiger partial charge on any atom is 0.248 e. The van der Waals surface area contributed by atoms with Crippen molar-refractivity contribution < 1.29 is 9.00 Å². The first-order valence-electron chi connectivity index (χ1n) is 4.48. The van der Waals surface area contributed by atoms with Crippen LogP contribution in [0.3, 0.4) is 0 Å². The van der Waals surface area contributed by atoms with E-state index in [-0.39, 0.29) is 10.5 Å². The van der Waals surface area contributed by atoms with Crippen molar-refractivity contribution >= 4 is 28.5 Å². The van der Waals surface area contributed by atoms with Crippen molar-refractivity contribution in [1.29, 1.82) is 0 Å². The van der Waals surface area contributed by atoms with Crippen LogP contribution in [0.1, 0.15) is 13.8 Å². The van der Waals surface area contributed by atoms with E-state index < -0.39 is 10.8 Å². The average molecular weight is 221 g/mol. The number of hydrogen-bond donors (Lipinski definition) is 0. The summed E-state index contributed by atoms with van der Waals surface area (Å²) in [6.07, 6.45) is 0. The topological polar surface area (TPSA) is 37.4 Å². The van der Waals surface area contributed by atoms with Gasteiger partial charge in [-0.05, 0) is 13.8 Å². The molecule has 1 heterocycles. The van der Waals surface area contributed by atoms with Crippen molar-refractivity contribution in [1.82, 2.24) is 4.90 Å². The molecule has 0 unspecified atom stereocenters. The summed E-state index contributed by atoms with van der Waals surface area (Å²) in [6, 6.07) is 0. The van der Waals surface area contributed by atoms with Gasteiger partial charge in [-0.2, -0.15) is 0 Å². The fourth-order valence-electron chi connectivity index (χ4n) is 1.29. The molecular formula is C8H15NO2S2. The number of hydrogen-bond acceptors (Lipinski definition) is 3. The van der Waals surface area contributed by atoms with E-state index in [0.717, 1.165) is 5.75 Å². The van der Waals surface area contributed by atoms with Gasteiger partial charge in [0.05, 0.1) is 0 Å². The maximum atomic E-state index is 11.7. The van der Waals surface area contributed by atoms with Crippen LogP contribution in [0.25, 0.3) is 0 Å². The lowest BCUT2D eigenvalue weighted by molar-refractivity contribution is -0.128. The van der Waals surface area contributed by atoms with Crippen molar-refractivity contribution in [3.05, 3.63) is 0 Å². The first kappa shape index (κ1) is 11.0. The van der Waals surface area contributed by atoms with Crippen molar-refractivity contribution in [3.63, 3.8) is 0 Å². The minimum atomic E-state index is -0.943. The third kappa shape index (κ3) is 2.47. The Morgan fingerprint density at radius 2 is 2.15 bits per heavy atom. The number of nitrogens with zero attached hydrogens (tertiary/aromatic N) is 1. The van der Waals surface area contributed by atoms with Gasteiger partial charge in [-0.3, -0.25) is 9.00 Å². The van der Waals surface area contributed by atoms with Gasteiger partial charge in [-0.15, -0.1) is 11.8 Å². The Labute approximate surface area is 85.7 Å². The highest BCUT2D eigenvalue weighted by molar-refractivity contribution is 8.15. The summed E-state index contributed by atoms with van der Waals surface area (Å²) in [6.45, 7) is 5.32. The Hall–Kier alpha value is -0.0300. The van der Waals surface area contributed by atoms with Gasteiger partial charge in [0.25, 0.3) is 0 Å². The molecule has 76 valence electrons. The number of carbonyl (C=O) groups excluding carboxylic acids is 1. The molecule has 0 bridgehead atoms. The predicted octanol–water partition coefficient (Wildman–Crippen LogP) is 0.676. The Balaban J connectivity index is 2.60. The largest absolute Gasteiger partial charge is 0.341 e. The first-order valence-corrected chi connectivity index (χ1v) is 6.91.